The molecule has 0 spiro atoms. The number of hydrogen-bond donors (Lipinski definition) is 0. The number of anilines is 1. The molecule has 3 aliphatic heterocycles. The molecular weight excluding hydrogens is 428 g/mol. The molecule has 0 saturated heterocycles. The molecule has 2 amide bonds. The first-order chi connectivity index (χ1) is 16.6. The number of aliphatic imine (C=N–C) groups is 2. The summed E-state index contributed by atoms with van der Waals surface area (Å²) in [6.07, 6.45) is 3.63. The first kappa shape index (κ1) is 21.1. The third kappa shape index (κ3) is 3.17. The predicted octanol–water partition coefficient (Wildman–Crippen LogP) is 3.58. The molecule has 3 atom stereocenters. The Balaban J connectivity index is 1.55. The SMILES string of the molecule is COc1cc2c3c(c1)C(c1ccccc1)=N[C@@H](N1C(=O)C4CCCCC4N=C1C)C(=O)N3CC2. The summed E-state index contributed by atoms with van der Waals surface area (Å²) in [5.41, 5.74) is 4.41. The summed E-state index contributed by atoms with van der Waals surface area (Å²) >= 11 is 0. The Morgan fingerprint density at radius 2 is 1.79 bits per heavy atom. The van der Waals surface area contributed by atoms with E-state index in [1.54, 1.807) is 12.0 Å². The maximum atomic E-state index is 14.0. The average molecular weight is 457 g/mol. The Hall–Kier alpha value is -3.48. The molecule has 4 aliphatic rings. The zero-order chi connectivity index (χ0) is 23.4. The van der Waals surface area contributed by atoms with E-state index in [4.69, 9.17) is 14.7 Å². The molecule has 34 heavy (non-hydrogen) atoms. The van der Waals surface area contributed by atoms with Crippen molar-refractivity contribution in [1.29, 1.82) is 0 Å². The van der Waals surface area contributed by atoms with Crippen molar-refractivity contribution in [2.45, 2.75) is 51.2 Å². The Morgan fingerprint density at radius 3 is 2.59 bits per heavy atom. The molecule has 7 heteroatoms. The van der Waals surface area contributed by atoms with E-state index in [-0.39, 0.29) is 23.8 Å². The van der Waals surface area contributed by atoms with Crippen molar-refractivity contribution in [1.82, 2.24) is 4.90 Å². The van der Waals surface area contributed by atoms with Gasteiger partial charge in [0.1, 0.15) is 11.6 Å². The van der Waals surface area contributed by atoms with Crippen LogP contribution in [0.25, 0.3) is 0 Å². The van der Waals surface area contributed by atoms with Crippen LogP contribution in [-0.4, -0.2) is 54.1 Å². The van der Waals surface area contributed by atoms with Crippen LogP contribution in [-0.2, 0) is 16.0 Å². The second kappa shape index (κ2) is 8.08. The predicted molar refractivity (Wildman–Crippen MR) is 131 cm³/mol. The van der Waals surface area contributed by atoms with Crippen molar-refractivity contribution in [3.63, 3.8) is 0 Å². The van der Waals surface area contributed by atoms with Gasteiger partial charge in [-0.3, -0.25) is 19.5 Å². The largest absolute Gasteiger partial charge is 0.497 e. The van der Waals surface area contributed by atoms with Gasteiger partial charge in [0, 0.05) is 17.7 Å². The van der Waals surface area contributed by atoms with Crippen LogP contribution in [0, 0.1) is 5.92 Å². The molecule has 0 radical (unpaired) electrons. The lowest BCUT2D eigenvalue weighted by Crippen LogP contribution is -2.57. The third-order valence-electron chi connectivity index (χ3n) is 7.54. The molecule has 2 unspecified atom stereocenters. The summed E-state index contributed by atoms with van der Waals surface area (Å²) in [6, 6.07) is 13.8. The molecule has 7 nitrogen and oxygen atoms in total. The van der Waals surface area contributed by atoms with Gasteiger partial charge in [0.05, 0.1) is 30.5 Å². The number of carbonyl (C=O) groups is 2. The van der Waals surface area contributed by atoms with Gasteiger partial charge in [-0.1, -0.05) is 43.2 Å². The van der Waals surface area contributed by atoms with E-state index in [1.165, 1.54) is 0 Å². The number of benzene rings is 2. The van der Waals surface area contributed by atoms with Gasteiger partial charge in [0.15, 0.2) is 0 Å². The van der Waals surface area contributed by atoms with Gasteiger partial charge >= 0.3 is 0 Å². The van der Waals surface area contributed by atoms with Crippen LogP contribution in [0.15, 0.2) is 52.4 Å². The maximum Gasteiger partial charge on any atom is 0.272 e. The maximum absolute atomic E-state index is 14.0. The van der Waals surface area contributed by atoms with Gasteiger partial charge in [0.2, 0.25) is 12.1 Å². The lowest BCUT2D eigenvalue weighted by Gasteiger charge is -2.40. The summed E-state index contributed by atoms with van der Waals surface area (Å²) in [4.78, 5) is 41.0. The Labute approximate surface area is 199 Å². The molecule has 3 heterocycles. The van der Waals surface area contributed by atoms with Crippen LogP contribution >= 0.6 is 0 Å². The monoisotopic (exact) mass is 456 g/mol. The Kier molecular flexibility index (Phi) is 5.01. The number of amidine groups is 1. The summed E-state index contributed by atoms with van der Waals surface area (Å²) in [5, 5.41) is 0. The van der Waals surface area contributed by atoms with E-state index in [0.717, 1.165) is 60.2 Å². The number of rotatable bonds is 3. The van der Waals surface area contributed by atoms with Gasteiger partial charge < -0.3 is 9.64 Å². The van der Waals surface area contributed by atoms with E-state index in [1.807, 2.05) is 54.3 Å². The number of amides is 2. The van der Waals surface area contributed by atoms with E-state index < -0.39 is 6.17 Å². The first-order valence-electron chi connectivity index (χ1n) is 12.1. The second-order valence-electron chi connectivity index (χ2n) is 9.48. The van der Waals surface area contributed by atoms with Crippen molar-refractivity contribution in [3.05, 3.63) is 59.2 Å². The van der Waals surface area contributed by atoms with E-state index in [0.29, 0.717) is 18.1 Å². The number of nitrogens with zero attached hydrogens (tertiary/aromatic N) is 4. The van der Waals surface area contributed by atoms with Crippen LogP contribution in [0.2, 0.25) is 0 Å². The number of ether oxygens (including phenoxy) is 1. The fraction of sp³-hybridized carbons (Fsp3) is 0.407. The average Bonchev–Trinajstić information content (AvgIpc) is 3.25. The van der Waals surface area contributed by atoms with E-state index in [9.17, 15) is 9.59 Å². The summed E-state index contributed by atoms with van der Waals surface area (Å²) in [7, 11) is 1.65. The molecule has 6 rings (SSSR count). The third-order valence-corrected chi connectivity index (χ3v) is 7.54. The van der Waals surface area contributed by atoms with Gasteiger partial charge in [-0.05, 0) is 43.9 Å². The zero-order valence-corrected chi connectivity index (χ0v) is 19.5. The number of methoxy groups -OCH3 is 1. The highest BCUT2D eigenvalue weighted by molar-refractivity contribution is 6.22. The Morgan fingerprint density at radius 1 is 1.00 bits per heavy atom. The first-order valence-corrected chi connectivity index (χ1v) is 12.1. The van der Waals surface area contributed by atoms with Crippen molar-refractivity contribution in [2.75, 3.05) is 18.6 Å². The lowest BCUT2D eigenvalue weighted by atomic mass is 9.82. The van der Waals surface area contributed by atoms with Crippen LogP contribution in [0.3, 0.4) is 0 Å². The topological polar surface area (TPSA) is 74.6 Å². The minimum atomic E-state index is -0.973. The van der Waals surface area contributed by atoms with E-state index >= 15 is 0 Å². The van der Waals surface area contributed by atoms with Crippen LogP contribution < -0.4 is 9.64 Å². The van der Waals surface area contributed by atoms with E-state index in [2.05, 4.69) is 0 Å². The van der Waals surface area contributed by atoms with Crippen molar-refractivity contribution >= 4 is 29.0 Å². The fourth-order valence-corrected chi connectivity index (χ4v) is 5.91. The highest BCUT2D eigenvalue weighted by atomic mass is 16.5. The smallest absolute Gasteiger partial charge is 0.272 e. The standard InChI is InChI=1S/C27H28N4O3/c1-16-28-22-11-7-6-10-20(22)26(32)31(16)25-27(33)30-13-12-18-14-19(34-2)15-21(24(18)30)23(29-25)17-8-4-3-5-9-17/h3-5,8-9,14-15,20,22,25H,6-7,10-13H2,1-2H3/t20?,22?,25-/m0/s1. The van der Waals surface area contributed by atoms with Crippen LogP contribution in [0.5, 0.6) is 5.75 Å². The van der Waals surface area contributed by atoms with Gasteiger partial charge in [0.25, 0.3) is 5.91 Å². The molecule has 2 aromatic rings. The van der Waals surface area contributed by atoms with Crippen LogP contribution in [0.1, 0.15) is 49.3 Å². The molecule has 0 aromatic heterocycles. The van der Waals surface area contributed by atoms with Gasteiger partial charge in [-0.15, -0.1) is 0 Å². The van der Waals surface area contributed by atoms with Crippen molar-refractivity contribution < 1.29 is 14.3 Å². The van der Waals surface area contributed by atoms with Gasteiger partial charge in [-0.2, -0.15) is 0 Å². The summed E-state index contributed by atoms with van der Waals surface area (Å²) in [5.74, 6) is 0.969. The molecule has 0 bridgehead atoms. The number of fused-ring (bicyclic) bond motifs is 1. The zero-order valence-electron chi connectivity index (χ0n) is 19.5. The summed E-state index contributed by atoms with van der Waals surface area (Å²) in [6.45, 7) is 2.40. The molecule has 1 aliphatic carbocycles. The molecular formula is C27H28N4O3. The van der Waals surface area contributed by atoms with Crippen molar-refractivity contribution in [2.24, 2.45) is 15.9 Å². The number of hydrogen-bond acceptors (Lipinski definition) is 5. The molecule has 174 valence electrons. The fourth-order valence-electron chi connectivity index (χ4n) is 5.91. The lowest BCUT2D eigenvalue weighted by molar-refractivity contribution is -0.140. The molecule has 2 aromatic carbocycles. The molecule has 1 fully saturated rings. The highest BCUT2D eigenvalue weighted by Gasteiger charge is 2.46. The minimum absolute atomic E-state index is 0.0188. The number of carbonyl (C=O) groups excluding carboxylic acids is 2. The summed E-state index contributed by atoms with van der Waals surface area (Å²) < 4.78 is 5.59. The molecule has 1 saturated carbocycles. The normalized spacial score (nSPS) is 25.9. The quantitative estimate of drug-likeness (QED) is 0.709. The van der Waals surface area contributed by atoms with Crippen LogP contribution in [0.4, 0.5) is 5.69 Å². The molecule has 0 N–H and O–H groups in total. The van der Waals surface area contributed by atoms with Gasteiger partial charge in [-0.25, -0.2) is 4.99 Å². The Bertz CT molecular complexity index is 1240. The minimum Gasteiger partial charge on any atom is -0.497 e. The van der Waals surface area contributed by atoms with Crippen molar-refractivity contribution in [3.8, 4) is 5.75 Å². The second-order valence-corrected chi connectivity index (χ2v) is 9.48. The highest BCUT2D eigenvalue weighted by Crippen LogP contribution is 2.41.